The Morgan fingerprint density at radius 3 is 1.95 bits per heavy atom. The van der Waals surface area contributed by atoms with E-state index in [1.165, 1.54) is 116 Å². The van der Waals surface area contributed by atoms with Crippen LogP contribution < -0.4 is 5.32 Å². The zero-order valence-corrected chi connectivity index (χ0v) is 27.0. The third kappa shape index (κ3) is 11.2. The number of rotatable bonds is 19. The Morgan fingerprint density at radius 2 is 1.35 bits per heavy atom. The highest BCUT2D eigenvalue weighted by Crippen LogP contribution is 2.48. The van der Waals surface area contributed by atoms with Crippen LogP contribution in [0.5, 0.6) is 0 Å². The van der Waals surface area contributed by atoms with Crippen molar-refractivity contribution in [2.45, 2.75) is 170 Å². The van der Waals surface area contributed by atoms with E-state index >= 15 is 0 Å². The van der Waals surface area contributed by atoms with Crippen molar-refractivity contribution in [1.82, 2.24) is 5.32 Å². The van der Waals surface area contributed by atoms with E-state index < -0.39 is 0 Å². The maximum atomic E-state index is 3.89. The van der Waals surface area contributed by atoms with Crippen LogP contribution in [0.25, 0.3) is 0 Å². The van der Waals surface area contributed by atoms with Crippen LogP contribution in [0.1, 0.15) is 164 Å². The maximum Gasteiger partial charge on any atom is 0.0100 e. The molecule has 0 amide bonds. The fraction of sp³-hybridized carbons (Fsp3) is 1.00. The molecular weight excluding hydrogens is 446 g/mol. The van der Waals surface area contributed by atoms with Gasteiger partial charge in [-0.15, -0.1) is 0 Å². The first-order chi connectivity index (χ1) is 17.8. The lowest BCUT2D eigenvalue weighted by atomic mass is 9.74. The molecule has 9 atom stereocenters. The van der Waals surface area contributed by atoms with Crippen molar-refractivity contribution in [3.8, 4) is 0 Å². The molecule has 0 aromatic carbocycles. The zero-order chi connectivity index (χ0) is 27.2. The van der Waals surface area contributed by atoms with Gasteiger partial charge in [-0.2, -0.15) is 0 Å². The number of hydrogen-bond acceptors (Lipinski definition) is 1. The summed E-state index contributed by atoms with van der Waals surface area (Å²) in [5.41, 5.74) is 0. The summed E-state index contributed by atoms with van der Waals surface area (Å²) < 4.78 is 0. The Bertz CT molecular complexity index is 551. The van der Waals surface area contributed by atoms with E-state index in [-0.39, 0.29) is 0 Å². The molecular formula is C36H71N. The minimum absolute atomic E-state index is 0.714. The van der Waals surface area contributed by atoms with Gasteiger partial charge in [0.2, 0.25) is 0 Å². The summed E-state index contributed by atoms with van der Waals surface area (Å²) in [4.78, 5) is 0. The Hall–Kier alpha value is -0.0400. The molecule has 9 unspecified atom stereocenters. The highest BCUT2D eigenvalue weighted by Gasteiger charge is 2.43. The molecule has 2 aliphatic carbocycles. The normalized spacial score (nSPS) is 29.2. The summed E-state index contributed by atoms with van der Waals surface area (Å²) in [5.74, 6) is 8.38. The molecule has 0 aromatic rings. The van der Waals surface area contributed by atoms with Crippen molar-refractivity contribution in [3.05, 3.63) is 0 Å². The predicted molar refractivity (Wildman–Crippen MR) is 167 cm³/mol. The first-order valence-electron chi connectivity index (χ1n) is 17.5. The second kappa shape index (κ2) is 18.3. The predicted octanol–water partition coefficient (Wildman–Crippen LogP) is 11.3. The van der Waals surface area contributed by atoms with E-state index in [2.05, 4.69) is 60.8 Å². The molecule has 220 valence electrons. The molecule has 1 N–H and O–H groups in total. The van der Waals surface area contributed by atoms with Gasteiger partial charge in [0, 0.05) is 6.04 Å². The van der Waals surface area contributed by atoms with Crippen molar-refractivity contribution < 1.29 is 0 Å². The molecule has 0 saturated heterocycles. The Balaban J connectivity index is 1.91. The second-order valence-electron chi connectivity index (χ2n) is 14.5. The van der Waals surface area contributed by atoms with Crippen LogP contribution >= 0.6 is 0 Å². The van der Waals surface area contributed by atoms with Crippen molar-refractivity contribution in [3.63, 3.8) is 0 Å². The molecule has 0 spiro atoms. The molecule has 37 heavy (non-hydrogen) atoms. The molecule has 2 fully saturated rings. The summed E-state index contributed by atoms with van der Waals surface area (Å²) in [7, 11) is 2.27. The third-order valence-electron chi connectivity index (χ3n) is 11.4. The molecule has 1 heteroatoms. The Kier molecular flexibility index (Phi) is 16.4. The minimum atomic E-state index is 0.714. The lowest BCUT2D eigenvalue weighted by Gasteiger charge is -2.35. The zero-order valence-electron chi connectivity index (χ0n) is 27.0. The fourth-order valence-corrected chi connectivity index (χ4v) is 9.29. The molecule has 0 radical (unpaired) electrons. The van der Waals surface area contributed by atoms with E-state index in [9.17, 15) is 0 Å². The smallest absolute Gasteiger partial charge is 0.0100 e. The minimum Gasteiger partial charge on any atom is -0.317 e. The van der Waals surface area contributed by atoms with Crippen LogP contribution in [0.15, 0.2) is 0 Å². The van der Waals surface area contributed by atoms with Crippen molar-refractivity contribution in [2.24, 2.45) is 53.3 Å². The molecule has 1 nitrogen and oxygen atoms in total. The Labute approximate surface area is 235 Å². The summed E-state index contributed by atoms with van der Waals surface area (Å²) in [5, 5.41) is 3.89. The standard InChI is InChI=1S/C36H71N/c1-9-16-27(4)24-28(5)22-23-29(6)25-35(37-8)36-30(7)31(11-3)26-34(36)21-15-20-32(17-10-2)33-18-13-12-14-19-33/h27-37H,9-26H2,1-8H3. The van der Waals surface area contributed by atoms with E-state index in [1.54, 1.807) is 0 Å². The number of hydrogen-bond donors (Lipinski definition) is 1. The van der Waals surface area contributed by atoms with Crippen LogP contribution in [-0.2, 0) is 0 Å². The SMILES string of the molecule is CCCC(C)CC(C)CCC(C)CC(NC)C1C(CCCC(CCC)C2CCCCC2)CC(CC)C1C. The van der Waals surface area contributed by atoms with Crippen molar-refractivity contribution >= 4 is 0 Å². The first-order valence-corrected chi connectivity index (χ1v) is 17.5. The molecule has 0 aromatic heterocycles. The second-order valence-corrected chi connectivity index (χ2v) is 14.5. The average Bonchev–Trinajstić information content (AvgIpc) is 3.21. The van der Waals surface area contributed by atoms with Crippen molar-refractivity contribution in [1.29, 1.82) is 0 Å². The van der Waals surface area contributed by atoms with E-state index in [0.717, 1.165) is 53.3 Å². The van der Waals surface area contributed by atoms with Gasteiger partial charge >= 0.3 is 0 Å². The van der Waals surface area contributed by atoms with Crippen LogP contribution in [0.4, 0.5) is 0 Å². The fourth-order valence-electron chi connectivity index (χ4n) is 9.29. The lowest BCUT2D eigenvalue weighted by molar-refractivity contribution is 0.182. The van der Waals surface area contributed by atoms with Gasteiger partial charge in [0.1, 0.15) is 0 Å². The summed E-state index contributed by atoms with van der Waals surface area (Å²) in [6.07, 6.45) is 26.2. The molecule has 2 saturated carbocycles. The van der Waals surface area contributed by atoms with Crippen LogP contribution in [-0.4, -0.2) is 13.1 Å². The van der Waals surface area contributed by atoms with Crippen molar-refractivity contribution in [2.75, 3.05) is 7.05 Å². The van der Waals surface area contributed by atoms with Crippen LogP contribution in [0.2, 0.25) is 0 Å². The highest BCUT2D eigenvalue weighted by molar-refractivity contribution is 4.95. The maximum absolute atomic E-state index is 3.89. The topological polar surface area (TPSA) is 12.0 Å². The number of nitrogens with one attached hydrogen (secondary N) is 1. The summed E-state index contributed by atoms with van der Waals surface area (Å²) in [6, 6.07) is 0.714. The van der Waals surface area contributed by atoms with Crippen LogP contribution in [0.3, 0.4) is 0 Å². The van der Waals surface area contributed by atoms with Gasteiger partial charge in [0.15, 0.2) is 0 Å². The molecule has 2 aliphatic rings. The summed E-state index contributed by atoms with van der Waals surface area (Å²) >= 11 is 0. The monoisotopic (exact) mass is 518 g/mol. The van der Waals surface area contributed by atoms with Gasteiger partial charge in [-0.05, 0) is 79.6 Å². The van der Waals surface area contributed by atoms with E-state index in [1.807, 2.05) is 0 Å². The first kappa shape index (κ1) is 33.2. The van der Waals surface area contributed by atoms with Gasteiger partial charge in [0.05, 0.1) is 0 Å². The van der Waals surface area contributed by atoms with Gasteiger partial charge in [0.25, 0.3) is 0 Å². The summed E-state index contributed by atoms with van der Waals surface area (Å²) in [6.45, 7) is 17.4. The third-order valence-corrected chi connectivity index (χ3v) is 11.4. The van der Waals surface area contributed by atoms with Gasteiger partial charge in [-0.3, -0.25) is 0 Å². The molecule has 0 aliphatic heterocycles. The van der Waals surface area contributed by atoms with Gasteiger partial charge in [-0.1, -0.05) is 145 Å². The lowest BCUT2D eigenvalue weighted by Crippen LogP contribution is -2.40. The van der Waals surface area contributed by atoms with E-state index in [4.69, 9.17) is 0 Å². The molecule has 0 bridgehead atoms. The van der Waals surface area contributed by atoms with Gasteiger partial charge in [-0.25, -0.2) is 0 Å². The molecule has 2 rings (SSSR count). The molecule has 0 heterocycles. The largest absolute Gasteiger partial charge is 0.317 e. The van der Waals surface area contributed by atoms with E-state index in [0.29, 0.717) is 6.04 Å². The van der Waals surface area contributed by atoms with Gasteiger partial charge < -0.3 is 5.32 Å². The van der Waals surface area contributed by atoms with Crippen LogP contribution in [0, 0.1) is 53.3 Å². The average molecular weight is 518 g/mol. The highest BCUT2D eigenvalue weighted by atomic mass is 14.9. The quantitative estimate of drug-likeness (QED) is 0.180. The Morgan fingerprint density at radius 1 is 0.730 bits per heavy atom.